The standard InChI is InChI=1S/C14H19N2O4/c1-3-4-5-6-7-8-12-9-10-13(15(17)18)14(11(12)2)16(19)20/h10H,3-8H2,1-2H3. The van der Waals surface area contributed by atoms with Crippen LogP contribution in [0.25, 0.3) is 0 Å². The second kappa shape index (κ2) is 7.57. The Morgan fingerprint density at radius 1 is 1.10 bits per heavy atom. The molecule has 6 nitrogen and oxygen atoms in total. The number of hydrogen-bond donors (Lipinski definition) is 0. The molecule has 1 rings (SSSR count). The Labute approximate surface area is 118 Å². The fourth-order valence-corrected chi connectivity index (χ4v) is 2.20. The number of benzene rings is 1. The van der Waals surface area contributed by atoms with Crippen LogP contribution in [0.3, 0.4) is 0 Å². The predicted octanol–water partition coefficient (Wildman–Crippen LogP) is 4.12. The molecule has 20 heavy (non-hydrogen) atoms. The van der Waals surface area contributed by atoms with Crippen LogP contribution >= 0.6 is 0 Å². The summed E-state index contributed by atoms with van der Waals surface area (Å²) in [5.74, 6) is 0. The second-order valence-electron chi connectivity index (χ2n) is 4.80. The Kier molecular flexibility index (Phi) is 6.09. The maximum absolute atomic E-state index is 11.0. The van der Waals surface area contributed by atoms with Crippen molar-refractivity contribution in [2.24, 2.45) is 0 Å². The smallest absolute Gasteiger partial charge is 0.258 e. The Bertz CT molecular complexity index is 500. The SMILES string of the molecule is CCCCCCCc1[c]cc([N+](=O)[O-])c([N+](=O)[O-])c1C. The third kappa shape index (κ3) is 4.01. The molecule has 0 aliphatic heterocycles. The van der Waals surface area contributed by atoms with Gasteiger partial charge in [-0.2, -0.15) is 0 Å². The van der Waals surface area contributed by atoms with E-state index < -0.39 is 21.2 Å². The van der Waals surface area contributed by atoms with Crippen LogP contribution in [0, 0.1) is 33.2 Å². The van der Waals surface area contributed by atoms with Crippen LogP contribution < -0.4 is 0 Å². The number of nitro benzene ring substituents is 2. The van der Waals surface area contributed by atoms with Gasteiger partial charge in [0.2, 0.25) is 0 Å². The Morgan fingerprint density at radius 3 is 2.30 bits per heavy atom. The second-order valence-corrected chi connectivity index (χ2v) is 4.80. The summed E-state index contributed by atoms with van der Waals surface area (Å²) >= 11 is 0. The highest BCUT2D eigenvalue weighted by molar-refractivity contribution is 5.59. The highest BCUT2D eigenvalue weighted by atomic mass is 16.6. The van der Waals surface area contributed by atoms with Gasteiger partial charge >= 0.3 is 11.4 Å². The summed E-state index contributed by atoms with van der Waals surface area (Å²) in [6.45, 7) is 3.70. The van der Waals surface area contributed by atoms with Crippen molar-refractivity contribution >= 4 is 11.4 Å². The molecular weight excluding hydrogens is 260 g/mol. The van der Waals surface area contributed by atoms with Crippen molar-refractivity contribution < 1.29 is 9.85 Å². The average molecular weight is 279 g/mol. The first-order chi connectivity index (χ1) is 9.49. The van der Waals surface area contributed by atoms with Gasteiger partial charge in [-0.3, -0.25) is 20.2 Å². The van der Waals surface area contributed by atoms with Gasteiger partial charge in [-0.25, -0.2) is 0 Å². The molecule has 0 aromatic heterocycles. The van der Waals surface area contributed by atoms with Gasteiger partial charge in [-0.1, -0.05) is 32.6 Å². The van der Waals surface area contributed by atoms with E-state index in [1.807, 2.05) is 0 Å². The van der Waals surface area contributed by atoms with Crippen LogP contribution in [0.2, 0.25) is 0 Å². The molecule has 0 aliphatic carbocycles. The summed E-state index contributed by atoms with van der Waals surface area (Å²) in [4.78, 5) is 20.4. The normalized spacial score (nSPS) is 10.5. The Hall–Kier alpha value is -1.98. The summed E-state index contributed by atoms with van der Waals surface area (Å²) in [5.41, 5.74) is 0.179. The van der Waals surface area contributed by atoms with E-state index in [1.165, 1.54) is 6.42 Å². The first-order valence-electron chi connectivity index (χ1n) is 6.82. The van der Waals surface area contributed by atoms with Crippen molar-refractivity contribution in [3.05, 3.63) is 43.5 Å². The first kappa shape index (κ1) is 16.1. The van der Waals surface area contributed by atoms with E-state index in [0.29, 0.717) is 17.5 Å². The van der Waals surface area contributed by atoms with Gasteiger partial charge in [0, 0.05) is 11.6 Å². The molecule has 1 aromatic rings. The number of hydrogen-bond acceptors (Lipinski definition) is 4. The number of aryl methyl sites for hydroxylation is 1. The van der Waals surface area contributed by atoms with Crippen LogP contribution in [-0.2, 0) is 6.42 Å². The molecule has 0 aliphatic rings. The average Bonchev–Trinajstić information content (AvgIpc) is 2.39. The van der Waals surface area contributed by atoms with Crippen molar-refractivity contribution in [1.29, 1.82) is 0 Å². The fourth-order valence-electron chi connectivity index (χ4n) is 2.20. The van der Waals surface area contributed by atoms with Crippen molar-refractivity contribution in [3.8, 4) is 0 Å². The summed E-state index contributed by atoms with van der Waals surface area (Å²) in [5, 5.41) is 21.8. The predicted molar refractivity (Wildman–Crippen MR) is 75.8 cm³/mol. The molecule has 0 saturated carbocycles. The van der Waals surface area contributed by atoms with Gasteiger partial charge in [-0.15, -0.1) is 0 Å². The molecule has 0 atom stereocenters. The monoisotopic (exact) mass is 279 g/mol. The van der Waals surface area contributed by atoms with E-state index in [4.69, 9.17) is 0 Å². The minimum absolute atomic E-state index is 0.361. The molecule has 0 amide bonds. The van der Waals surface area contributed by atoms with Gasteiger partial charge in [0.15, 0.2) is 0 Å². The Balaban J connectivity index is 2.86. The summed E-state index contributed by atoms with van der Waals surface area (Å²) in [6.07, 6.45) is 6.15. The molecule has 0 heterocycles. The highest BCUT2D eigenvalue weighted by Crippen LogP contribution is 2.32. The first-order valence-corrected chi connectivity index (χ1v) is 6.82. The number of unbranched alkanes of at least 4 members (excludes halogenated alkanes) is 4. The topological polar surface area (TPSA) is 86.3 Å². The molecule has 0 bridgehead atoms. The molecule has 6 heteroatoms. The third-order valence-corrected chi connectivity index (χ3v) is 3.34. The maximum atomic E-state index is 11.0. The lowest BCUT2D eigenvalue weighted by Crippen LogP contribution is -2.02. The zero-order valence-corrected chi connectivity index (χ0v) is 11.8. The molecule has 0 fully saturated rings. The van der Waals surface area contributed by atoms with E-state index in [9.17, 15) is 20.2 Å². The van der Waals surface area contributed by atoms with E-state index in [0.717, 1.165) is 31.7 Å². The maximum Gasteiger partial charge on any atom is 0.349 e. The molecule has 0 N–H and O–H groups in total. The van der Waals surface area contributed by atoms with Crippen LogP contribution in [0.1, 0.15) is 50.2 Å². The van der Waals surface area contributed by atoms with Gasteiger partial charge in [-0.05, 0) is 31.4 Å². The number of nitro groups is 2. The minimum atomic E-state index is -0.730. The summed E-state index contributed by atoms with van der Waals surface area (Å²) in [7, 11) is 0. The highest BCUT2D eigenvalue weighted by Gasteiger charge is 2.28. The Morgan fingerprint density at radius 2 is 1.75 bits per heavy atom. The molecule has 109 valence electrons. The van der Waals surface area contributed by atoms with E-state index >= 15 is 0 Å². The quantitative estimate of drug-likeness (QED) is 0.407. The van der Waals surface area contributed by atoms with Gasteiger partial charge < -0.3 is 0 Å². The van der Waals surface area contributed by atoms with Crippen molar-refractivity contribution in [3.63, 3.8) is 0 Å². The lowest BCUT2D eigenvalue weighted by atomic mass is 9.99. The van der Waals surface area contributed by atoms with Crippen molar-refractivity contribution in [2.75, 3.05) is 0 Å². The van der Waals surface area contributed by atoms with Gasteiger partial charge in [0.25, 0.3) is 0 Å². The van der Waals surface area contributed by atoms with Gasteiger partial charge in [0.05, 0.1) is 9.85 Å². The number of rotatable bonds is 8. The van der Waals surface area contributed by atoms with Crippen LogP contribution in [-0.4, -0.2) is 9.85 Å². The largest absolute Gasteiger partial charge is 0.349 e. The van der Waals surface area contributed by atoms with Crippen LogP contribution in [0.5, 0.6) is 0 Å². The zero-order chi connectivity index (χ0) is 15.1. The summed E-state index contributed by atoms with van der Waals surface area (Å²) < 4.78 is 0. The minimum Gasteiger partial charge on any atom is -0.258 e. The lowest BCUT2D eigenvalue weighted by Gasteiger charge is -2.06. The zero-order valence-electron chi connectivity index (χ0n) is 11.8. The molecule has 0 spiro atoms. The number of nitrogens with zero attached hydrogens (tertiary/aromatic N) is 2. The van der Waals surface area contributed by atoms with Gasteiger partial charge in [0.1, 0.15) is 0 Å². The van der Waals surface area contributed by atoms with E-state index in [2.05, 4.69) is 13.0 Å². The lowest BCUT2D eigenvalue weighted by molar-refractivity contribution is -0.422. The third-order valence-electron chi connectivity index (χ3n) is 3.34. The van der Waals surface area contributed by atoms with Crippen LogP contribution in [0.4, 0.5) is 11.4 Å². The molecule has 1 aromatic carbocycles. The molecule has 1 radical (unpaired) electrons. The molecule has 0 saturated heterocycles. The fraction of sp³-hybridized carbons (Fsp3) is 0.571. The van der Waals surface area contributed by atoms with Crippen LogP contribution in [0.15, 0.2) is 6.07 Å². The van der Waals surface area contributed by atoms with Crippen molar-refractivity contribution in [1.82, 2.24) is 0 Å². The van der Waals surface area contributed by atoms with E-state index in [-0.39, 0.29) is 0 Å². The van der Waals surface area contributed by atoms with Crippen molar-refractivity contribution in [2.45, 2.75) is 52.4 Å². The molecular formula is C14H19N2O4. The summed E-state index contributed by atoms with van der Waals surface area (Å²) in [6, 6.07) is 3.94. The molecule has 0 unspecified atom stereocenters. The van der Waals surface area contributed by atoms with E-state index in [1.54, 1.807) is 6.92 Å².